The molecular formula is C26H37NO8. The van der Waals surface area contributed by atoms with E-state index in [4.69, 9.17) is 14.2 Å². The summed E-state index contributed by atoms with van der Waals surface area (Å²) in [5.74, 6) is -1.23. The Balaban J connectivity index is 1.85. The first-order chi connectivity index (χ1) is 16.6. The minimum atomic E-state index is -1.14. The Morgan fingerprint density at radius 2 is 1.66 bits per heavy atom. The van der Waals surface area contributed by atoms with E-state index >= 15 is 0 Å². The van der Waals surface area contributed by atoms with Crippen molar-refractivity contribution in [3.8, 4) is 5.75 Å². The van der Waals surface area contributed by atoms with Gasteiger partial charge in [0.1, 0.15) is 12.4 Å². The van der Waals surface area contributed by atoms with Gasteiger partial charge in [0.25, 0.3) is 11.8 Å². The van der Waals surface area contributed by atoms with Gasteiger partial charge < -0.3 is 14.2 Å². The van der Waals surface area contributed by atoms with Gasteiger partial charge in [-0.15, -0.1) is 0 Å². The van der Waals surface area contributed by atoms with Gasteiger partial charge in [0.2, 0.25) is 0 Å². The van der Waals surface area contributed by atoms with Gasteiger partial charge in [-0.25, -0.2) is 4.79 Å². The van der Waals surface area contributed by atoms with E-state index in [0.717, 1.165) is 32.1 Å². The highest BCUT2D eigenvalue weighted by Crippen LogP contribution is 2.25. The van der Waals surface area contributed by atoms with Crippen molar-refractivity contribution in [3.63, 3.8) is 0 Å². The van der Waals surface area contributed by atoms with Gasteiger partial charge in [-0.1, -0.05) is 43.9 Å². The van der Waals surface area contributed by atoms with Crippen LogP contribution in [0.25, 0.3) is 0 Å². The molecule has 1 aromatic carbocycles. The number of benzene rings is 1. The normalized spacial score (nSPS) is 14.7. The highest BCUT2D eigenvalue weighted by molar-refractivity contribution is 6.01. The van der Waals surface area contributed by atoms with Crippen LogP contribution in [0.2, 0.25) is 0 Å². The van der Waals surface area contributed by atoms with Crippen molar-refractivity contribution in [1.82, 2.24) is 5.06 Å². The molecule has 1 unspecified atom stereocenters. The van der Waals surface area contributed by atoms with E-state index in [0.29, 0.717) is 29.4 Å². The Morgan fingerprint density at radius 3 is 2.26 bits per heavy atom. The van der Waals surface area contributed by atoms with Crippen LogP contribution in [-0.4, -0.2) is 41.2 Å². The van der Waals surface area contributed by atoms with E-state index in [1.807, 2.05) is 13.8 Å². The lowest BCUT2D eigenvalue weighted by Gasteiger charge is -2.27. The number of amides is 2. The molecule has 0 N–H and O–H groups in total. The largest absolute Gasteiger partial charge is 0.534 e. The quantitative estimate of drug-likeness (QED) is 0.201. The molecule has 0 spiro atoms. The molecular weight excluding hydrogens is 454 g/mol. The monoisotopic (exact) mass is 491 g/mol. The molecule has 194 valence electrons. The molecule has 2 amide bonds. The SMILES string of the molecule is CCCCC(CCC(C)(C)OCCC)C(=O)Oc1ccc(COC(=O)ON2C(=O)CCC2=O)cc1. The predicted octanol–water partition coefficient (Wildman–Crippen LogP) is 5.10. The van der Waals surface area contributed by atoms with Crippen LogP contribution in [0.15, 0.2) is 24.3 Å². The Morgan fingerprint density at radius 1 is 1.00 bits per heavy atom. The van der Waals surface area contributed by atoms with Crippen molar-refractivity contribution in [2.45, 2.75) is 91.3 Å². The molecule has 1 aromatic rings. The maximum absolute atomic E-state index is 12.9. The van der Waals surface area contributed by atoms with Crippen molar-refractivity contribution in [1.29, 1.82) is 0 Å². The number of esters is 1. The van der Waals surface area contributed by atoms with Gasteiger partial charge in [0.15, 0.2) is 0 Å². The maximum atomic E-state index is 12.9. The topological polar surface area (TPSA) is 108 Å². The minimum absolute atomic E-state index is 0.00991. The van der Waals surface area contributed by atoms with Gasteiger partial charge in [-0.2, -0.15) is 0 Å². The summed E-state index contributed by atoms with van der Waals surface area (Å²) in [5.41, 5.74) is 0.331. The first-order valence-electron chi connectivity index (χ1n) is 12.3. The predicted molar refractivity (Wildman–Crippen MR) is 127 cm³/mol. The van der Waals surface area contributed by atoms with Crippen LogP contribution in [0.3, 0.4) is 0 Å². The van der Waals surface area contributed by atoms with Gasteiger partial charge >= 0.3 is 12.1 Å². The summed E-state index contributed by atoms with van der Waals surface area (Å²) in [6.07, 6.45) is 3.97. The number of carbonyl (C=O) groups is 4. The molecule has 0 saturated carbocycles. The fraction of sp³-hybridized carbons (Fsp3) is 0.615. The van der Waals surface area contributed by atoms with Crippen molar-refractivity contribution >= 4 is 23.9 Å². The first-order valence-corrected chi connectivity index (χ1v) is 12.3. The Kier molecular flexibility index (Phi) is 11.2. The summed E-state index contributed by atoms with van der Waals surface area (Å²) in [5, 5.41) is 0.427. The summed E-state index contributed by atoms with van der Waals surface area (Å²) in [7, 11) is 0. The van der Waals surface area contributed by atoms with Crippen molar-refractivity contribution in [2.75, 3.05) is 6.61 Å². The molecule has 2 rings (SSSR count). The molecule has 1 atom stereocenters. The molecule has 0 aromatic heterocycles. The summed E-state index contributed by atoms with van der Waals surface area (Å²) in [6, 6.07) is 6.57. The number of rotatable bonds is 14. The molecule has 35 heavy (non-hydrogen) atoms. The zero-order valence-corrected chi connectivity index (χ0v) is 21.2. The Bertz CT molecular complexity index is 849. The van der Waals surface area contributed by atoms with Crippen molar-refractivity contribution < 1.29 is 38.2 Å². The zero-order valence-electron chi connectivity index (χ0n) is 21.2. The standard InChI is InChI=1S/C26H37NO8/c1-5-7-8-20(15-16-26(3,4)33-17-6-2)24(30)34-21-11-9-19(10-12-21)18-32-25(31)35-27-22(28)13-14-23(27)29/h9-12,20H,5-8,13-18H2,1-4H3. The third kappa shape index (κ3) is 9.68. The number of carbonyl (C=O) groups excluding carboxylic acids is 4. The molecule has 9 heteroatoms. The molecule has 1 fully saturated rings. The van der Waals surface area contributed by atoms with Crippen molar-refractivity contribution in [2.24, 2.45) is 5.92 Å². The minimum Gasteiger partial charge on any atom is -0.428 e. The van der Waals surface area contributed by atoms with Crippen LogP contribution in [0.5, 0.6) is 5.75 Å². The number of imide groups is 1. The second-order valence-electron chi connectivity index (χ2n) is 9.26. The third-order valence-electron chi connectivity index (χ3n) is 5.70. The van der Waals surface area contributed by atoms with Crippen molar-refractivity contribution in [3.05, 3.63) is 29.8 Å². The fourth-order valence-electron chi connectivity index (χ4n) is 3.56. The lowest BCUT2D eigenvalue weighted by Crippen LogP contribution is -2.32. The van der Waals surface area contributed by atoms with E-state index in [1.54, 1.807) is 24.3 Å². The number of ether oxygens (including phenoxy) is 3. The van der Waals surface area contributed by atoms with E-state index in [2.05, 4.69) is 18.7 Å². The second-order valence-corrected chi connectivity index (χ2v) is 9.26. The lowest BCUT2D eigenvalue weighted by molar-refractivity contribution is -0.177. The van der Waals surface area contributed by atoms with Crippen LogP contribution in [-0.2, 0) is 35.3 Å². The Hall–Kier alpha value is -2.94. The van der Waals surface area contributed by atoms with E-state index < -0.39 is 18.0 Å². The van der Waals surface area contributed by atoms with Crippen LogP contribution < -0.4 is 4.74 Å². The molecule has 1 saturated heterocycles. The van der Waals surface area contributed by atoms with E-state index in [-0.39, 0.29) is 36.9 Å². The Labute approximate surface area is 207 Å². The summed E-state index contributed by atoms with van der Waals surface area (Å²) < 4.78 is 16.5. The van der Waals surface area contributed by atoms with E-state index in [9.17, 15) is 19.2 Å². The van der Waals surface area contributed by atoms with Gasteiger partial charge in [-0.05, 0) is 57.2 Å². The smallest absolute Gasteiger partial charge is 0.428 e. The molecule has 0 radical (unpaired) electrons. The average molecular weight is 492 g/mol. The first kappa shape index (κ1) is 28.3. The average Bonchev–Trinajstić information content (AvgIpc) is 3.14. The second kappa shape index (κ2) is 13.8. The number of unbranched alkanes of at least 4 members (excludes halogenated alkanes) is 1. The summed E-state index contributed by atoms with van der Waals surface area (Å²) in [6.45, 7) is 8.81. The van der Waals surface area contributed by atoms with Gasteiger partial charge in [0.05, 0.1) is 11.5 Å². The maximum Gasteiger partial charge on any atom is 0.534 e. The van der Waals surface area contributed by atoms with Crippen LogP contribution in [0, 0.1) is 5.92 Å². The van der Waals surface area contributed by atoms with Crippen LogP contribution in [0.1, 0.15) is 84.6 Å². The van der Waals surface area contributed by atoms with Crippen LogP contribution >= 0.6 is 0 Å². The van der Waals surface area contributed by atoms with E-state index in [1.165, 1.54) is 0 Å². The number of nitrogens with zero attached hydrogens (tertiary/aromatic N) is 1. The highest BCUT2D eigenvalue weighted by atomic mass is 16.8. The number of hydrogen-bond acceptors (Lipinski definition) is 8. The molecule has 0 bridgehead atoms. The summed E-state index contributed by atoms with van der Waals surface area (Å²) >= 11 is 0. The zero-order chi connectivity index (χ0) is 25.8. The molecule has 1 aliphatic heterocycles. The fourth-order valence-corrected chi connectivity index (χ4v) is 3.56. The number of hydroxylamine groups is 2. The summed E-state index contributed by atoms with van der Waals surface area (Å²) in [4.78, 5) is 52.2. The van der Waals surface area contributed by atoms with Gasteiger partial charge in [-0.3, -0.25) is 19.2 Å². The highest BCUT2D eigenvalue weighted by Gasteiger charge is 2.33. The molecule has 0 aliphatic carbocycles. The molecule has 1 heterocycles. The molecule has 1 aliphatic rings. The molecule has 9 nitrogen and oxygen atoms in total. The number of hydrogen-bond donors (Lipinski definition) is 0. The third-order valence-corrected chi connectivity index (χ3v) is 5.70. The lowest BCUT2D eigenvalue weighted by atomic mass is 9.91. The van der Waals surface area contributed by atoms with Crippen LogP contribution in [0.4, 0.5) is 4.79 Å². The van der Waals surface area contributed by atoms with Gasteiger partial charge in [0, 0.05) is 19.4 Å².